The highest BCUT2D eigenvalue weighted by atomic mass is 16.7. The number of hydrogen-bond donors (Lipinski definition) is 1. The zero-order valence-corrected chi connectivity index (χ0v) is 33.6. The highest BCUT2D eigenvalue weighted by molar-refractivity contribution is 5.79. The van der Waals surface area contributed by atoms with Crippen molar-refractivity contribution in [3.8, 4) is 22.6 Å². The lowest BCUT2D eigenvalue weighted by Crippen LogP contribution is -2.64. The molecule has 0 unspecified atom stereocenters. The largest absolute Gasteiger partial charge is 0.514 e. The summed E-state index contributed by atoms with van der Waals surface area (Å²) < 4.78 is 49.4. The molecule has 0 spiro atoms. The number of alkyl carbamates (subject to hydrolysis) is 1. The van der Waals surface area contributed by atoms with E-state index in [2.05, 4.69) is 5.32 Å². The molecule has 1 heterocycles. The quantitative estimate of drug-likeness (QED) is 0.0547. The van der Waals surface area contributed by atoms with Crippen LogP contribution in [0.5, 0.6) is 11.5 Å². The predicted octanol–water partition coefficient (Wildman–Crippen LogP) is 5.42. The number of fused-ring (bicyclic) bond motifs is 3. The molecule has 4 aromatic carbocycles. The van der Waals surface area contributed by atoms with Gasteiger partial charge in [0.15, 0.2) is 18.3 Å². The van der Waals surface area contributed by atoms with Crippen LogP contribution in [-0.4, -0.2) is 85.5 Å². The first-order valence-corrected chi connectivity index (χ1v) is 18.9. The number of nitro groups is 1. The normalized spacial score (nSPS) is 18.7. The number of carbonyl (C=O) groups excluding carboxylic acids is 6. The Morgan fingerprint density at radius 2 is 1.34 bits per heavy atom. The Morgan fingerprint density at radius 3 is 1.94 bits per heavy atom. The van der Waals surface area contributed by atoms with E-state index in [9.17, 15) is 38.9 Å². The number of methoxy groups -OCH3 is 1. The summed E-state index contributed by atoms with van der Waals surface area (Å²) >= 11 is 0. The van der Waals surface area contributed by atoms with E-state index in [1.807, 2.05) is 48.5 Å². The van der Waals surface area contributed by atoms with Gasteiger partial charge in [0.25, 0.3) is 5.69 Å². The summed E-state index contributed by atoms with van der Waals surface area (Å²) in [6, 6.07) is 24.7. The molecule has 0 bridgehead atoms. The second-order valence-electron chi connectivity index (χ2n) is 13.8. The van der Waals surface area contributed by atoms with Gasteiger partial charge in [0.05, 0.1) is 12.0 Å². The van der Waals surface area contributed by atoms with Gasteiger partial charge < -0.3 is 47.9 Å². The van der Waals surface area contributed by atoms with Crippen LogP contribution in [-0.2, 0) is 65.5 Å². The van der Waals surface area contributed by atoms with Crippen LogP contribution in [0.15, 0.2) is 91.0 Å². The molecular formula is C43H40N2O17. The van der Waals surface area contributed by atoms with E-state index in [1.54, 1.807) is 0 Å². The molecule has 62 heavy (non-hydrogen) atoms. The van der Waals surface area contributed by atoms with Crippen molar-refractivity contribution in [1.29, 1.82) is 0 Å². The summed E-state index contributed by atoms with van der Waals surface area (Å²) in [4.78, 5) is 86.1. The molecule has 0 saturated carbocycles. The minimum atomic E-state index is -1.75. The maximum Gasteiger partial charge on any atom is 0.514 e. The molecule has 1 saturated heterocycles. The van der Waals surface area contributed by atoms with E-state index in [0.717, 1.165) is 62.3 Å². The fraction of sp³-hybridized carbons (Fsp3) is 0.302. The smallest absolute Gasteiger partial charge is 0.467 e. The number of esters is 4. The van der Waals surface area contributed by atoms with Crippen molar-refractivity contribution in [2.45, 2.75) is 70.5 Å². The molecule has 2 aliphatic rings. The molecule has 1 aliphatic carbocycles. The second-order valence-corrected chi connectivity index (χ2v) is 13.8. The number of hydrogen-bond acceptors (Lipinski definition) is 17. The summed E-state index contributed by atoms with van der Waals surface area (Å²) in [5.41, 5.74) is 4.43. The van der Waals surface area contributed by atoms with Crippen LogP contribution in [0.25, 0.3) is 11.1 Å². The van der Waals surface area contributed by atoms with Crippen LogP contribution in [0, 0.1) is 10.1 Å². The third kappa shape index (κ3) is 10.6. The average molecular weight is 857 g/mol. The standard InChI is InChI=1S/C43H40N2O17/c1-23(46)57-36-37(58-24(2)47)39(59-25(3)48)41(62-38(36)40(49)54-4)61-35-18-13-26(21-56-43(51)60-29-16-14-28(15-17-29)45(52)53)19-27(35)20-44-42(50)55-22-34-32-11-7-5-9-30(32)31-10-6-8-12-33(31)34/h5-19,34,36-39,41H,20-22H2,1-4H3,(H,44,50)/t36-,37-,38-,39+,41+/m0/s1. The first-order chi connectivity index (χ1) is 29.7. The Hall–Kier alpha value is -7.54. The number of carbonyl (C=O) groups is 6. The topological polar surface area (TPSA) is 241 Å². The molecule has 5 atom stereocenters. The molecule has 324 valence electrons. The molecule has 6 rings (SSSR count). The van der Waals surface area contributed by atoms with Crippen LogP contribution in [0.1, 0.15) is 48.9 Å². The number of rotatable bonds is 14. The SMILES string of the molecule is COC(=O)[C@H]1O[C@@H](Oc2ccc(COC(=O)Oc3ccc([N+](=O)[O-])cc3)cc2CNC(=O)OCC2c3ccccc3-c3ccccc32)[C@H](OC(C)=O)[C@@H](OC(C)=O)[C@@H]1OC(C)=O. The Balaban J connectivity index is 1.25. The minimum Gasteiger partial charge on any atom is -0.467 e. The van der Waals surface area contributed by atoms with Crippen molar-refractivity contribution < 1.29 is 76.3 Å². The van der Waals surface area contributed by atoms with Gasteiger partial charge in [-0.2, -0.15) is 0 Å². The maximum absolute atomic E-state index is 13.3. The van der Waals surface area contributed by atoms with Gasteiger partial charge in [-0.1, -0.05) is 54.6 Å². The molecule has 1 fully saturated rings. The van der Waals surface area contributed by atoms with E-state index in [-0.39, 0.29) is 48.4 Å². The average Bonchev–Trinajstić information content (AvgIpc) is 3.56. The third-order valence-corrected chi connectivity index (χ3v) is 9.57. The summed E-state index contributed by atoms with van der Waals surface area (Å²) in [5.74, 6) is -3.98. The summed E-state index contributed by atoms with van der Waals surface area (Å²) in [5, 5.41) is 13.7. The Labute approximate surface area is 353 Å². The first-order valence-electron chi connectivity index (χ1n) is 18.9. The number of benzene rings is 4. The van der Waals surface area contributed by atoms with Crippen molar-refractivity contribution in [2.24, 2.45) is 0 Å². The lowest BCUT2D eigenvalue weighted by Gasteiger charge is -2.43. The molecular weight excluding hydrogens is 816 g/mol. The Bertz CT molecular complexity index is 2300. The molecule has 1 amide bonds. The fourth-order valence-electron chi connectivity index (χ4n) is 7.00. The zero-order valence-electron chi connectivity index (χ0n) is 33.6. The molecule has 0 radical (unpaired) electrons. The molecule has 4 aromatic rings. The minimum absolute atomic E-state index is 0.00387. The van der Waals surface area contributed by atoms with Crippen molar-refractivity contribution in [3.63, 3.8) is 0 Å². The van der Waals surface area contributed by atoms with E-state index >= 15 is 0 Å². The predicted molar refractivity (Wildman–Crippen MR) is 210 cm³/mol. The van der Waals surface area contributed by atoms with Crippen molar-refractivity contribution >= 4 is 41.8 Å². The third-order valence-electron chi connectivity index (χ3n) is 9.57. The van der Waals surface area contributed by atoms with Crippen LogP contribution >= 0.6 is 0 Å². The Morgan fingerprint density at radius 1 is 0.742 bits per heavy atom. The molecule has 19 heteroatoms. The highest BCUT2D eigenvalue weighted by Crippen LogP contribution is 2.44. The van der Waals surface area contributed by atoms with Crippen molar-refractivity contribution in [3.05, 3.63) is 123 Å². The number of ether oxygens (including phenoxy) is 9. The number of nitrogens with one attached hydrogen (secondary N) is 1. The number of amides is 1. The molecule has 19 nitrogen and oxygen atoms in total. The van der Waals surface area contributed by atoms with Gasteiger partial charge in [-0.15, -0.1) is 0 Å². The lowest BCUT2D eigenvalue weighted by molar-refractivity contribution is -0.384. The summed E-state index contributed by atoms with van der Waals surface area (Å²) in [6.07, 6.45) is -10.3. The van der Waals surface area contributed by atoms with Crippen molar-refractivity contribution in [1.82, 2.24) is 5.32 Å². The van der Waals surface area contributed by atoms with E-state index < -0.39 is 71.8 Å². The van der Waals surface area contributed by atoms with Gasteiger partial charge in [0, 0.05) is 50.9 Å². The molecule has 1 aliphatic heterocycles. The monoisotopic (exact) mass is 856 g/mol. The number of nitro benzene ring substituents is 1. The van der Waals surface area contributed by atoms with Gasteiger partial charge in [0.1, 0.15) is 24.7 Å². The van der Waals surface area contributed by atoms with E-state index in [4.69, 9.17) is 42.6 Å². The van der Waals surface area contributed by atoms with Gasteiger partial charge in [-0.25, -0.2) is 14.4 Å². The van der Waals surface area contributed by atoms with E-state index in [1.165, 1.54) is 30.3 Å². The van der Waals surface area contributed by atoms with Gasteiger partial charge >= 0.3 is 36.1 Å². The lowest BCUT2D eigenvalue weighted by atomic mass is 9.97. The number of nitrogens with zero attached hydrogens (tertiary/aromatic N) is 1. The summed E-state index contributed by atoms with van der Waals surface area (Å²) in [6.45, 7) is 2.50. The second kappa shape index (κ2) is 19.7. The van der Waals surface area contributed by atoms with Crippen molar-refractivity contribution in [2.75, 3.05) is 13.7 Å². The first kappa shape index (κ1) is 44.0. The summed E-state index contributed by atoms with van der Waals surface area (Å²) in [7, 11) is 1.04. The maximum atomic E-state index is 13.3. The van der Waals surface area contributed by atoms with Gasteiger partial charge in [-0.3, -0.25) is 24.5 Å². The van der Waals surface area contributed by atoms with E-state index in [0.29, 0.717) is 5.56 Å². The van der Waals surface area contributed by atoms with Crippen LogP contribution in [0.4, 0.5) is 15.3 Å². The number of non-ortho nitro benzene ring substituents is 1. The van der Waals surface area contributed by atoms with Gasteiger partial charge in [-0.05, 0) is 52.1 Å². The van der Waals surface area contributed by atoms with Gasteiger partial charge in [0.2, 0.25) is 12.4 Å². The zero-order chi connectivity index (χ0) is 44.5. The Kier molecular flexibility index (Phi) is 14.0. The van der Waals surface area contributed by atoms with Crippen LogP contribution in [0.3, 0.4) is 0 Å². The molecule has 0 aromatic heterocycles. The molecule has 1 N–H and O–H groups in total. The van der Waals surface area contributed by atoms with Crippen LogP contribution < -0.4 is 14.8 Å². The highest BCUT2D eigenvalue weighted by Gasteiger charge is 2.56. The van der Waals surface area contributed by atoms with Crippen LogP contribution in [0.2, 0.25) is 0 Å². The fourth-order valence-corrected chi connectivity index (χ4v) is 7.00.